The van der Waals surface area contributed by atoms with E-state index in [9.17, 15) is 4.79 Å². The van der Waals surface area contributed by atoms with Gasteiger partial charge in [-0.1, -0.05) is 0 Å². The number of hydrogen-bond acceptors (Lipinski definition) is 4. The molecule has 2 aliphatic heterocycles. The third-order valence-corrected chi connectivity index (χ3v) is 3.75. The Hall–Kier alpha value is -1.75. The Morgan fingerprint density at radius 2 is 2.15 bits per heavy atom. The van der Waals surface area contributed by atoms with Crippen LogP contribution in [0.3, 0.4) is 0 Å². The van der Waals surface area contributed by atoms with Crippen LogP contribution in [-0.2, 0) is 0 Å². The summed E-state index contributed by atoms with van der Waals surface area (Å²) in [7, 11) is 0. The van der Waals surface area contributed by atoms with Crippen molar-refractivity contribution < 1.29 is 14.3 Å². The van der Waals surface area contributed by atoms with E-state index in [0.717, 1.165) is 19.6 Å². The zero-order valence-electron chi connectivity index (χ0n) is 11.5. The lowest BCUT2D eigenvalue weighted by Gasteiger charge is -2.23. The van der Waals surface area contributed by atoms with Gasteiger partial charge in [0.25, 0.3) is 5.91 Å². The van der Waals surface area contributed by atoms with Crippen LogP contribution >= 0.6 is 0 Å². The van der Waals surface area contributed by atoms with Crippen LogP contribution in [0.2, 0.25) is 0 Å². The fourth-order valence-corrected chi connectivity index (χ4v) is 2.62. The number of hydrogen-bond donors (Lipinski definition) is 2. The van der Waals surface area contributed by atoms with E-state index in [1.165, 1.54) is 12.8 Å². The molecule has 0 aliphatic carbocycles. The Morgan fingerprint density at radius 1 is 1.30 bits per heavy atom. The van der Waals surface area contributed by atoms with E-state index in [1.54, 1.807) is 18.2 Å². The Balaban J connectivity index is 1.59. The van der Waals surface area contributed by atoms with Crippen LogP contribution < -0.4 is 20.1 Å². The van der Waals surface area contributed by atoms with Gasteiger partial charge in [-0.3, -0.25) is 4.79 Å². The molecule has 5 nitrogen and oxygen atoms in total. The molecule has 20 heavy (non-hydrogen) atoms. The van der Waals surface area contributed by atoms with Crippen molar-refractivity contribution in [2.45, 2.75) is 12.8 Å². The zero-order valence-corrected chi connectivity index (χ0v) is 11.5. The third kappa shape index (κ3) is 3.04. The van der Waals surface area contributed by atoms with E-state index >= 15 is 0 Å². The summed E-state index contributed by atoms with van der Waals surface area (Å²) < 4.78 is 10.9. The molecule has 5 heteroatoms. The molecule has 0 unspecified atom stereocenters. The molecule has 1 aromatic rings. The van der Waals surface area contributed by atoms with Crippen molar-refractivity contribution in [1.29, 1.82) is 0 Å². The fraction of sp³-hybridized carbons (Fsp3) is 0.533. The summed E-state index contributed by atoms with van der Waals surface area (Å²) in [6.07, 6.45) is 2.36. The highest BCUT2D eigenvalue weighted by atomic mass is 16.6. The van der Waals surface area contributed by atoms with Gasteiger partial charge in [0.1, 0.15) is 13.2 Å². The van der Waals surface area contributed by atoms with Crippen molar-refractivity contribution >= 4 is 5.91 Å². The first kappa shape index (κ1) is 13.2. The van der Waals surface area contributed by atoms with Gasteiger partial charge < -0.3 is 20.1 Å². The predicted octanol–water partition coefficient (Wildman–Crippen LogP) is 1.19. The number of amides is 1. The monoisotopic (exact) mass is 276 g/mol. The minimum atomic E-state index is -0.0486. The van der Waals surface area contributed by atoms with Crippen molar-refractivity contribution in [1.82, 2.24) is 10.6 Å². The maximum Gasteiger partial charge on any atom is 0.251 e. The van der Waals surface area contributed by atoms with Gasteiger partial charge in [0.15, 0.2) is 11.5 Å². The smallest absolute Gasteiger partial charge is 0.251 e. The molecule has 0 saturated carbocycles. The van der Waals surface area contributed by atoms with Crippen molar-refractivity contribution in [3.63, 3.8) is 0 Å². The lowest BCUT2D eigenvalue weighted by molar-refractivity contribution is 0.0943. The van der Waals surface area contributed by atoms with Gasteiger partial charge in [-0.05, 0) is 50.0 Å². The molecule has 0 aromatic heterocycles. The Bertz CT molecular complexity index is 484. The molecular weight excluding hydrogens is 256 g/mol. The molecule has 2 aliphatic rings. The van der Waals surface area contributed by atoms with Crippen LogP contribution in [-0.4, -0.2) is 38.8 Å². The normalized spacial score (nSPS) is 21.3. The second-order valence-corrected chi connectivity index (χ2v) is 5.28. The summed E-state index contributed by atoms with van der Waals surface area (Å²) >= 11 is 0. The number of carbonyl (C=O) groups excluding carboxylic acids is 1. The summed E-state index contributed by atoms with van der Waals surface area (Å²) in [5.74, 6) is 1.85. The maximum absolute atomic E-state index is 12.1. The molecule has 0 spiro atoms. The molecule has 1 amide bonds. The van der Waals surface area contributed by atoms with Gasteiger partial charge in [0.2, 0.25) is 0 Å². The van der Waals surface area contributed by atoms with Crippen molar-refractivity contribution in [3.8, 4) is 11.5 Å². The summed E-state index contributed by atoms with van der Waals surface area (Å²) in [5, 5.41) is 6.35. The van der Waals surface area contributed by atoms with E-state index in [0.29, 0.717) is 36.2 Å². The second kappa shape index (κ2) is 6.13. The molecule has 2 N–H and O–H groups in total. The summed E-state index contributed by atoms with van der Waals surface area (Å²) in [5.41, 5.74) is 0.623. The summed E-state index contributed by atoms with van der Waals surface area (Å²) in [4.78, 5) is 12.1. The molecular formula is C15H20N2O3. The molecule has 1 atom stereocenters. The molecule has 0 bridgehead atoms. The summed E-state index contributed by atoms with van der Waals surface area (Å²) in [6.45, 7) is 3.90. The molecule has 108 valence electrons. The highest BCUT2D eigenvalue weighted by molar-refractivity contribution is 5.94. The first-order valence-corrected chi connectivity index (χ1v) is 7.21. The van der Waals surface area contributed by atoms with E-state index in [2.05, 4.69) is 10.6 Å². The van der Waals surface area contributed by atoms with Gasteiger partial charge in [0.05, 0.1) is 0 Å². The highest BCUT2D eigenvalue weighted by Crippen LogP contribution is 2.30. The third-order valence-electron chi connectivity index (χ3n) is 3.75. The van der Waals surface area contributed by atoms with Crippen molar-refractivity contribution in [3.05, 3.63) is 23.8 Å². The first-order chi connectivity index (χ1) is 9.83. The number of carbonyl (C=O) groups is 1. The number of fused-ring (bicyclic) bond motifs is 1. The number of rotatable bonds is 3. The molecule has 1 saturated heterocycles. The Kier molecular flexibility index (Phi) is 4.06. The van der Waals surface area contributed by atoms with E-state index in [-0.39, 0.29) is 5.91 Å². The minimum absolute atomic E-state index is 0.0486. The summed E-state index contributed by atoms with van der Waals surface area (Å²) in [6, 6.07) is 5.33. The average molecular weight is 276 g/mol. The van der Waals surface area contributed by atoms with Gasteiger partial charge in [-0.15, -0.1) is 0 Å². The maximum atomic E-state index is 12.1. The fourth-order valence-electron chi connectivity index (χ4n) is 2.62. The SMILES string of the molecule is O=C(NC[C@H]1CCCNC1)c1ccc2c(c1)OCCO2. The van der Waals surface area contributed by atoms with Crippen LogP contribution in [0.1, 0.15) is 23.2 Å². The second-order valence-electron chi connectivity index (χ2n) is 5.28. The standard InChI is InChI=1S/C15H20N2O3/c18-15(17-10-11-2-1-5-16-9-11)12-3-4-13-14(8-12)20-7-6-19-13/h3-4,8,11,16H,1-2,5-7,9-10H2,(H,17,18)/t11-/m0/s1. The largest absolute Gasteiger partial charge is 0.486 e. The van der Waals surface area contributed by atoms with Gasteiger partial charge in [-0.2, -0.15) is 0 Å². The van der Waals surface area contributed by atoms with Crippen LogP contribution in [0, 0.1) is 5.92 Å². The first-order valence-electron chi connectivity index (χ1n) is 7.21. The van der Waals surface area contributed by atoms with Gasteiger partial charge in [-0.25, -0.2) is 0 Å². The number of nitrogens with one attached hydrogen (secondary N) is 2. The van der Waals surface area contributed by atoms with Crippen LogP contribution in [0.4, 0.5) is 0 Å². The number of ether oxygens (including phenoxy) is 2. The quantitative estimate of drug-likeness (QED) is 0.870. The molecule has 2 heterocycles. The predicted molar refractivity (Wildman–Crippen MR) is 75.4 cm³/mol. The molecule has 3 rings (SSSR count). The van der Waals surface area contributed by atoms with Crippen LogP contribution in [0.15, 0.2) is 18.2 Å². The molecule has 1 aromatic carbocycles. The highest BCUT2D eigenvalue weighted by Gasteiger charge is 2.17. The van der Waals surface area contributed by atoms with E-state index in [1.807, 2.05) is 0 Å². The van der Waals surface area contributed by atoms with Gasteiger partial charge in [0, 0.05) is 12.1 Å². The van der Waals surface area contributed by atoms with E-state index < -0.39 is 0 Å². The Morgan fingerprint density at radius 3 is 2.95 bits per heavy atom. The lowest BCUT2D eigenvalue weighted by atomic mass is 9.99. The van der Waals surface area contributed by atoms with Crippen molar-refractivity contribution in [2.24, 2.45) is 5.92 Å². The lowest BCUT2D eigenvalue weighted by Crippen LogP contribution is -2.38. The number of piperidine rings is 1. The minimum Gasteiger partial charge on any atom is -0.486 e. The van der Waals surface area contributed by atoms with Crippen LogP contribution in [0.5, 0.6) is 11.5 Å². The topological polar surface area (TPSA) is 59.6 Å². The number of benzene rings is 1. The zero-order chi connectivity index (χ0) is 13.8. The average Bonchev–Trinajstić information content (AvgIpc) is 2.53. The van der Waals surface area contributed by atoms with Gasteiger partial charge >= 0.3 is 0 Å². The van der Waals surface area contributed by atoms with Crippen LogP contribution in [0.25, 0.3) is 0 Å². The molecule has 0 radical (unpaired) electrons. The van der Waals surface area contributed by atoms with E-state index in [4.69, 9.17) is 9.47 Å². The molecule has 1 fully saturated rings. The van der Waals surface area contributed by atoms with Crippen molar-refractivity contribution in [2.75, 3.05) is 32.8 Å². The Labute approximate surface area is 118 Å².